The van der Waals surface area contributed by atoms with Gasteiger partial charge in [0.15, 0.2) is 5.65 Å². The smallest absolute Gasteiger partial charge is 0.183 e. The number of aromatic nitrogens is 3. The number of anilines is 2. The van der Waals surface area contributed by atoms with E-state index >= 15 is 0 Å². The Bertz CT molecular complexity index is 1160. The number of H-pyrrole nitrogens is 1. The van der Waals surface area contributed by atoms with E-state index in [1.807, 2.05) is 18.2 Å². The van der Waals surface area contributed by atoms with Crippen LogP contribution < -0.4 is 10.1 Å². The largest absolute Gasteiger partial charge is 0.496 e. The molecule has 0 aliphatic heterocycles. The first kappa shape index (κ1) is 17.9. The zero-order chi connectivity index (χ0) is 19.7. The lowest BCUT2D eigenvalue weighted by Gasteiger charge is -2.09. The summed E-state index contributed by atoms with van der Waals surface area (Å²) in [5.74, 6) is -0.180. The number of methoxy groups -OCH3 is 1. The van der Waals surface area contributed by atoms with E-state index in [1.54, 1.807) is 13.2 Å². The number of rotatable bonds is 5. The molecule has 0 unspecified atom stereocenters. The van der Waals surface area contributed by atoms with Gasteiger partial charge in [0.25, 0.3) is 0 Å². The van der Waals surface area contributed by atoms with Crippen LogP contribution in [0.25, 0.3) is 22.3 Å². The molecule has 0 atom stereocenters. The Morgan fingerprint density at radius 3 is 2.68 bits per heavy atom. The molecule has 0 spiro atoms. The molecule has 0 saturated carbocycles. The fourth-order valence-corrected chi connectivity index (χ4v) is 3.07. The Morgan fingerprint density at radius 2 is 1.93 bits per heavy atom. The zero-order valence-electron chi connectivity index (χ0n) is 15.4. The summed E-state index contributed by atoms with van der Waals surface area (Å²) in [5, 5.41) is 11.0. The van der Waals surface area contributed by atoms with Crippen LogP contribution >= 0.6 is 0 Å². The first-order chi connectivity index (χ1) is 13.6. The molecule has 2 aromatic heterocycles. The number of aromatic amines is 1. The summed E-state index contributed by atoms with van der Waals surface area (Å²) in [5.41, 5.74) is 3.50. The second-order valence-corrected chi connectivity index (χ2v) is 6.30. The highest BCUT2D eigenvalue weighted by Gasteiger charge is 2.15. The molecule has 28 heavy (non-hydrogen) atoms. The van der Waals surface area contributed by atoms with Crippen LogP contribution in [0.3, 0.4) is 0 Å². The molecule has 7 heteroatoms. The van der Waals surface area contributed by atoms with Crippen molar-refractivity contribution in [2.45, 2.75) is 13.3 Å². The molecule has 142 valence electrons. The first-order valence-corrected chi connectivity index (χ1v) is 8.83. The number of aryl methyl sites for hydroxylation is 1. The molecule has 2 aromatic carbocycles. The van der Waals surface area contributed by atoms with Gasteiger partial charge in [-0.2, -0.15) is 5.10 Å². The Morgan fingerprint density at radius 1 is 1.07 bits per heavy atom. The molecule has 4 aromatic rings. The molecule has 2 heterocycles. The Balaban J connectivity index is 1.73. The quantitative estimate of drug-likeness (QED) is 0.498. The van der Waals surface area contributed by atoms with Crippen molar-refractivity contribution in [2.24, 2.45) is 0 Å². The van der Waals surface area contributed by atoms with Gasteiger partial charge in [-0.25, -0.2) is 13.8 Å². The van der Waals surface area contributed by atoms with E-state index in [0.29, 0.717) is 11.5 Å². The highest BCUT2D eigenvalue weighted by atomic mass is 19.1. The molecule has 2 N–H and O–H groups in total. The molecule has 5 nitrogen and oxygen atoms in total. The van der Waals surface area contributed by atoms with Gasteiger partial charge < -0.3 is 10.1 Å². The molecule has 0 saturated heterocycles. The summed E-state index contributed by atoms with van der Waals surface area (Å²) in [7, 11) is 1.63. The lowest BCUT2D eigenvalue weighted by atomic mass is 10.0. The van der Waals surface area contributed by atoms with Crippen molar-refractivity contribution in [3.05, 3.63) is 65.7 Å². The number of hydrogen-bond donors (Lipinski definition) is 2. The third-order valence-electron chi connectivity index (χ3n) is 4.55. The van der Waals surface area contributed by atoms with Crippen LogP contribution in [-0.4, -0.2) is 22.3 Å². The van der Waals surface area contributed by atoms with E-state index < -0.39 is 11.6 Å². The fraction of sp³-hybridized carbons (Fsp3) is 0.143. The second-order valence-electron chi connectivity index (χ2n) is 6.30. The summed E-state index contributed by atoms with van der Waals surface area (Å²) in [4.78, 5) is 4.42. The van der Waals surface area contributed by atoms with E-state index in [0.717, 1.165) is 34.9 Å². The average Bonchev–Trinajstić information content (AvgIpc) is 3.12. The maximum absolute atomic E-state index is 13.9. The number of ether oxygens (including phenoxy) is 1. The molecular weight excluding hydrogens is 362 g/mol. The summed E-state index contributed by atoms with van der Waals surface area (Å²) >= 11 is 0. The monoisotopic (exact) mass is 380 g/mol. The first-order valence-electron chi connectivity index (χ1n) is 8.83. The van der Waals surface area contributed by atoms with Gasteiger partial charge in [-0.1, -0.05) is 13.0 Å². The van der Waals surface area contributed by atoms with Gasteiger partial charge in [0.05, 0.1) is 18.5 Å². The van der Waals surface area contributed by atoms with Crippen molar-refractivity contribution in [1.29, 1.82) is 0 Å². The van der Waals surface area contributed by atoms with E-state index in [-0.39, 0.29) is 5.69 Å². The third kappa shape index (κ3) is 3.26. The van der Waals surface area contributed by atoms with Gasteiger partial charge in [0.2, 0.25) is 0 Å². The summed E-state index contributed by atoms with van der Waals surface area (Å²) in [6, 6.07) is 12.9. The SMILES string of the molecule is CCc1ccc(OC)c(-c2[nH]nc3nc(Nc4ccc(F)cc4F)ccc23)c1. The molecule has 0 fully saturated rings. The minimum Gasteiger partial charge on any atom is -0.496 e. The summed E-state index contributed by atoms with van der Waals surface area (Å²) in [6.07, 6.45) is 0.901. The fourth-order valence-electron chi connectivity index (χ4n) is 3.07. The van der Waals surface area contributed by atoms with Crippen molar-refractivity contribution in [3.63, 3.8) is 0 Å². The van der Waals surface area contributed by atoms with Gasteiger partial charge in [0.1, 0.15) is 23.2 Å². The average molecular weight is 380 g/mol. The minimum absolute atomic E-state index is 0.140. The maximum atomic E-state index is 13.9. The normalized spacial score (nSPS) is 11.0. The van der Waals surface area contributed by atoms with Crippen LogP contribution in [0.2, 0.25) is 0 Å². The number of halogens is 2. The molecule has 0 aliphatic rings. The molecular formula is C21H18F2N4O. The van der Waals surface area contributed by atoms with Crippen LogP contribution in [0.15, 0.2) is 48.5 Å². The summed E-state index contributed by atoms with van der Waals surface area (Å²) < 4.78 is 32.4. The van der Waals surface area contributed by atoms with Crippen molar-refractivity contribution in [3.8, 4) is 17.0 Å². The molecule has 0 bridgehead atoms. The van der Waals surface area contributed by atoms with Crippen molar-refractivity contribution in [1.82, 2.24) is 15.2 Å². The predicted molar refractivity (Wildman–Crippen MR) is 105 cm³/mol. The number of pyridine rings is 1. The third-order valence-corrected chi connectivity index (χ3v) is 4.55. The number of hydrogen-bond acceptors (Lipinski definition) is 4. The number of benzene rings is 2. The van der Waals surface area contributed by atoms with E-state index in [4.69, 9.17) is 4.74 Å². The highest BCUT2D eigenvalue weighted by molar-refractivity contribution is 5.93. The Hall–Kier alpha value is -3.48. The van der Waals surface area contributed by atoms with Crippen LogP contribution in [0, 0.1) is 11.6 Å². The number of nitrogens with one attached hydrogen (secondary N) is 2. The number of fused-ring (bicyclic) bond motifs is 1. The van der Waals surface area contributed by atoms with Gasteiger partial charge in [0, 0.05) is 17.0 Å². The Labute approximate surface area is 160 Å². The molecule has 0 amide bonds. The van der Waals surface area contributed by atoms with Gasteiger partial charge >= 0.3 is 0 Å². The van der Waals surface area contributed by atoms with Crippen molar-refractivity contribution in [2.75, 3.05) is 12.4 Å². The topological polar surface area (TPSA) is 62.8 Å². The van der Waals surface area contributed by atoms with Crippen LogP contribution in [-0.2, 0) is 6.42 Å². The molecule has 0 radical (unpaired) electrons. The number of nitrogens with zero attached hydrogens (tertiary/aromatic N) is 2. The van der Waals surface area contributed by atoms with E-state index in [1.165, 1.54) is 17.7 Å². The van der Waals surface area contributed by atoms with Gasteiger partial charge in [-0.15, -0.1) is 0 Å². The van der Waals surface area contributed by atoms with Gasteiger partial charge in [-0.05, 0) is 48.4 Å². The summed E-state index contributed by atoms with van der Waals surface area (Å²) in [6.45, 7) is 2.09. The standard InChI is InChI=1S/C21H18F2N4O/c1-3-12-4-8-18(28-2)15(10-12)20-14-6-9-19(25-21(14)27-26-20)24-17-7-5-13(22)11-16(17)23/h4-11H,3H2,1-2H3,(H2,24,25,26,27). The second kappa shape index (κ2) is 7.26. The van der Waals surface area contributed by atoms with Crippen LogP contribution in [0.4, 0.5) is 20.3 Å². The lowest BCUT2D eigenvalue weighted by Crippen LogP contribution is -1.97. The maximum Gasteiger partial charge on any atom is 0.183 e. The highest BCUT2D eigenvalue weighted by Crippen LogP contribution is 2.34. The zero-order valence-corrected chi connectivity index (χ0v) is 15.4. The molecule has 0 aliphatic carbocycles. The van der Waals surface area contributed by atoms with Crippen molar-refractivity contribution >= 4 is 22.5 Å². The van der Waals surface area contributed by atoms with Crippen molar-refractivity contribution < 1.29 is 13.5 Å². The molecule has 4 rings (SSSR count). The van der Waals surface area contributed by atoms with Crippen LogP contribution in [0.1, 0.15) is 12.5 Å². The lowest BCUT2D eigenvalue weighted by molar-refractivity contribution is 0.416. The van der Waals surface area contributed by atoms with Crippen LogP contribution in [0.5, 0.6) is 5.75 Å². The van der Waals surface area contributed by atoms with Gasteiger partial charge in [-0.3, -0.25) is 5.10 Å². The van der Waals surface area contributed by atoms with E-state index in [9.17, 15) is 8.78 Å². The predicted octanol–water partition coefficient (Wildman–Crippen LogP) is 5.22. The Kier molecular flexibility index (Phi) is 4.65. The van der Waals surface area contributed by atoms with E-state index in [2.05, 4.69) is 33.5 Å². The minimum atomic E-state index is -0.689.